The Balaban J connectivity index is 1.92. The third kappa shape index (κ3) is 3.90. The maximum absolute atomic E-state index is 12.1. The van der Waals surface area contributed by atoms with Crippen molar-refractivity contribution in [3.8, 4) is 11.5 Å². The molecule has 0 saturated heterocycles. The van der Waals surface area contributed by atoms with E-state index in [-0.39, 0.29) is 30.9 Å². The molecule has 0 heterocycles. The predicted molar refractivity (Wildman–Crippen MR) is 81.0 cm³/mol. The summed E-state index contributed by atoms with van der Waals surface area (Å²) in [7, 11) is 3.11. The van der Waals surface area contributed by atoms with Gasteiger partial charge in [-0.2, -0.15) is 0 Å². The van der Waals surface area contributed by atoms with Crippen molar-refractivity contribution in [2.75, 3.05) is 20.8 Å². The van der Waals surface area contributed by atoms with Crippen LogP contribution in [0.25, 0.3) is 0 Å². The van der Waals surface area contributed by atoms with Gasteiger partial charge in [0.2, 0.25) is 5.91 Å². The lowest BCUT2D eigenvalue weighted by Crippen LogP contribution is -2.34. The molecule has 1 aliphatic rings. The van der Waals surface area contributed by atoms with E-state index in [0.717, 1.165) is 5.56 Å². The normalized spacial score (nSPS) is 24.1. The number of aliphatic hydroxyl groups excluding tert-OH is 2. The summed E-state index contributed by atoms with van der Waals surface area (Å²) in [5.41, 5.74) is 0.826. The number of benzene rings is 1. The van der Waals surface area contributed by atoms with Crippen molar-refractivity contribution < 1.29 is 24.5 Å². The van der Waals surface area contributed by atoms with Gasteiger partial charge in [0.05, 0.1) is 26.7 Å². The molecule has 3 N–H and O–H groups in total. The number of hydrogen-bond acceptors (Lipinski definition) is 5. The molecule has 6 nitrogen and oxygen atoms in total. The van der Waals surface area contributed by atoms with Crippen molar-refractivity contribution in [1.29, 1.82) is 0 Å². The minimum Gasteiger partial charge on any atom is -0.493 e. The first-order valence-corrected chi connectivity index (χ1v) is 7.36. The van der Waals surface area contributed by atoms with Crippen LogP contribution < -0.4 is 14.8 Å². The minimum atomic E-state index is -0.545. The van der Waals surface area contributed by atoms with Gasteiger partial charge < -0.3 is 25.0 Å². The van der Waals surface area contributed by atoms with Crippen LogP contribution in [0.4, 0.5) is 0 Å². The Bertz CT molecular complexity index is 519. The van der Waals surface area contributed by atoms with Crippen molar-refractivity contribution in [1.82, 2.24) is 5.32 Å². The van der Waals surface area contributed by atoms with E-state index in [4.69, 9.17) is 14.6 Å². The number of carbonyl (C=O) groups is 1. The van der Waals surface area contributed by atoms with Crippen LogP contribution in [0.5, 0.6) is 11.5 Å². The van der Waals surface area contributed by atoms with E-state index < -0.39 is 6.10 Å². The molecule has 1 aromatic rings. The molecule has 1 aromatic carbocycles. The van der Waals surface area contributed by atoms with Crippen molar-refractivity contribution in [2.24, 2.45) is 5.92 Å². The lowest BCUT2D eigenvalue weighted by atomic mass is 10.1. The van der Waals surface area contributed by atoms with Crippen LogP contribution in [0, 0.1) is 5.92 Å². The van der Waals surface area contributed by atoms with E-state index in [2.05, 4.69) is 5.32 Å². The van der Waals surface area contributed by atoms with Crippen LogP contribution in [0.2, 0.25) is 0 Å². The zero-order chi connectivity index (χ0) is 16.1. The Morgan fingerprint density at radius 2 is 2.00 bits per heavy atom. The Morgan fingerprint density at radius 3 is 2.59 bits per heavy atom. The summed E-state index contributed by atoms with van der Waals surface area (Å²) < 4.78 is 10.4. The predicted octanol–water partition coefficient (Wildman–Crippen LogP) is 0.494. The quantitative estimate of drug-likeness (QED) is 0.712. The molecular formula is C16H23NO5. The Morgan fingerprint density at radius 1 is 1.27 bits per heavy atom. The maximum Gasteiger partial charge on any atom is 0.224 e. The monoisotopic (exact) mass is 309 g/mol. The summed E-state index contributed by atoms with van der Waals surface area (Å²) in [6.07, 6.45) is 0.783. The molecule has 122 valence electrons. The van der Waals surface area contributed by atoms with Gasteiger partial charge in [0.1, 0.15) is 0 Å². The van der Waals surface area contributed by atoms with Crippen LogP contribution in [0.3, 0.4) is 0 Å². The Labute approximate surface area is 130 Å². The van der Waals surface area contributed by atoms with E-state index in [1.54, 1.807) is 26.4 Å². The lowest BCUT2D eigenvalue weighted by molar-refractivity contribution is -0.121. The van der Waals surface area contributed by atoms with Crippen molar-refractivity contribution in [3.63, 3.8) is 0 Å². The largest absolute Gasteiger partial charge is 0.493 e. The van der Waals surface area contributed by atoms with Gasteiger partial charge in [-0.15, -0.1) is 0 Å². The molecule has 0 spiro atoms. The van der Waals surface area contributed by atoms with Crippen molar-refractivity contribution in [3.05, 3.63) is 23.8 Å². The van der Waals surface area contributed by atoms with Crippen LogP contribution in [0.1, 0.15) is 18.4 Å². The van der Waals surface area contributed by atoms with Gasteiger partial charge in [-0.05, 0) is 30.5 Å². The fraction of sp³-hybridized carbons (Fsp3) is 0.562. The number of methoxy groups -OCH3 is 2. The van der Waals surface area contributed by atoms with Gasteiger partial charge in [0, 0.05) is 18.6 Å². The zero-order valence-corrected chi connectivity index (χ0v) is 12.9. The summed E-state index contributed by atoms with van der Waals surface area (Å²) in [6, 6.07) is 5.28. The van der Waals surface area contributed by atoms with Crippen LogP contribution >= 0.6 is 0 Å². The van der Waals surface area contributed by atoms with E-state index in [0.29, 0.717) is 24.3 Å². The molecule has 0 radical (unpaired) electrons. The van der Waals surface area contributed by atoms with Gasteiger partial charge in [-0.25, -0.2) is 0 Å². The van der Waals surface area contributed by atoms with E-state index in [1.807, 2.05) is 6.07 Å². The van der Waals surface area contributed by atoms with Crippen molar-refractivity contribution >= 4 is 5.91 Å². The summed E-state index contributed by atoms with van der Waals surface area (Å²) in [5, 5.41) is 21.8. The van der Waals surface area contributed by atoms with E-state index in [9.17, 15) is 9.90 Å². The first kappa shape index (κ1) is 16.6. The number of hydrogen-bond donors (Lipinski definition) is 3. The Kier molecular flexibility index (Phi) is 5.63. The number of carbonyl (C=O) groups excluding carboxylic acids is 1. The Hall–Kier alpha value is -1.79. The molecule has 0 bridgehead atoms. The fourth-order valence-electron chi connectivity index (χ4n) is 2.87. The SMILES string of the molecule is COc1ccc(CC(=O)NC2CC(O)C(CO)C2)cc1OC. The second-order valence-corrected chi connectivity index (χ2v) is 5.61. The van der Waals surface area contributed by atoms with Crippen LogP contribution in [-0.2, 0) is 11.2 Å². The zero-order valence-electron chi connectivity index (χ0n) is 12.9. The lowest BCUT2D eigenvalue weighted by Gasteiger charge is -2.13. The number of nitrogens with one attached hydrogen (secondary N) is 1. The molecule has 0 aromatic heterocycles. The molecule has 2 rings (SSSR count). The number of aliphatic hydroxyl groups is 2. The highest BCUT2D eigenvalue weighted by atomic mass is 16.5. The molecule has 3 atom stereocenters. The second kappa shape index (κ2) is 7.47. The third-order valence-corrected chi connectivity index (χ3v) is 4.07. The average molecular weight is 309 g/mol. The summed E-state index contributed by atoms with van der Waals surface area (Å²) >= 11 is 0. The average Bonchev–Trinajstić information content (AvgIpc) is 2.86. The van der Waals surface area contributed by atoms with Gasteiger partial charge in [0.25, 0.3) is 0 Å². The topological polar surface area (TPSA) is 88.0 Å². The van der Waals surface area contributed by atoms with Crippen LogP contribution in [0.15, 0.2) is 18.2 Å². The number of rotatable bonds is 6. The summed E-state index contributed by atoms with van der Waals surface area (Å²) in [5.74, 6) is 0.954. The summed E-state index contributed by atoms with van der Waals surface area (Å²) in [6.45, 7) is -0.0524. The molecule has 22 heavy (non-hydrogen) atoms. The molecule has 3 unspecified atom stereocenters. The molecular weight excluding hydrogens is 286 g/mol. The molecule has 6 heteroatoms. The fourth-order valence-corrected chi connectivity index (χ4v) is 2.87. The molecule has 1 fully saturated rings. The van der Waals surface area contributed by atoms with Gasteiger partial charge in [-0.3, -0.25) is 4.79 Å². The smallest absolute Gasteiger partial charge is 0.224 e. The third-order valence-electron chi connectivity index (χ3n) is 4.07. The van der Waals surface area contributed by atoms with Gasteiger partial charge in [-0.1, -0.05) is 6.07 Å². The molecule has 0 aliphatic heterocycles. The second-order valence-electron chi connectivity index (χ2n) is 5.61. The van der Waals surface area contributed by atoms with E-state index in [1.165, 1.54) is 0 Å². The molecule has 1 aliphatic carbocycles. The highest BCUT2D eigenvalue weighted by Gasteiger charge is 2.33. The standard InChI is InChI=1S/C16H23NO5/c1-21-14-4-3-10(5-15(14)22-2)6-16(20)17-12-7-11(9-18)13(19)8-12/h3-5,11-13,18-19H,6-9H2,1-2H3,(H,17,20). The van der Waals surface area contributed by atoms with Gasteiger partial charge in [0.15, 0.2) is 11.5 Å². The minimum absolute atomic E-state index is 0.0524. The number of amides is 1. The van der Waals surface area contributed by atoms with Crippen molar-refractivity contribution in [2.45, 2.75) is 31.4 Å². The highest BCUT2D eigenvalue weighted by Crippen LogP contribution is 2.28. The van der Waals surface area contributed by atoms with E-state index >= 15 is 0 Å². The van der Waals surface area contributed by atoms with Crippen LogP contribution in [-0.4, -0.2) is 49.1 Å². The highest BCUT2D eigenvalue weighted by molar-refractivity contribution is 5.79. The first-order chi connectivity index (χ1) is 10.6. The first-order valence-electron chi connectivity index (χ1n) is 7.36. The molecule has 1 amide bonds. The maximum atomic E-state index is 12.1. The molecule has 1 saturated carbocycles. The number of ether oxygens (including phenoxy) is 2. The van der Waals surface area contributed by atoms with Gasteiger partial charge >= 0.3 is 0 Å². The summed E-state index contributed by atoms with van der Waals surface area (Å²) in [4.78, 5) is 12.1.